The largest absolute Gasteiger partial charge is 0.469 e. The van der Waals surface area contributed by atoms with Crippen molar-refractivity contribution in [2.45, 2.75) is 38.4 Å². The Labute approximate surface area is 184 Å². The second-order valence-corrected chi connectivity index (χ2v) is 8.19. The number of thioether (sulfide) groups is 1. The van der Waals surface area contributed by atoms with Gasteiger partial charge in [-0.2, -0.15) is 0 Å². The Bertz CT molecular complexity index is 1020. The SMILES string of the molecule is COC(=O)CCCNC(=O)CSc1nc2cc(C(=O)OC)ccc2c(=O)n1CC(C)C. The van der Waals surface area contributed by atoms with Gasteiger partial charge in [0.2, 0.25) is 5.91 Å². The van der Waals surface area contributed by atoms with Crippen LogP contribution in [0.2, 0.25) is 0 Å². The molecule has 0 bridgehead atoms. The first kappa shape index (κ1) is 24.4. The first-order valence-corrected chi connectivity index (χ1v) is 10.8. The minimum atomic E-state index is -0.518. The molecule has 0 aliphatic rings. The molecular weight excluding hydrogens is 422 g/mol. The number of ether oxygens (including phenoxy) is 2. The molecule has 0 radical (unpaired) electrons. The zero-order valence-corrected chi connectivity index (χ0v) is 18.9. The van der Waals surface area contributed by atoms with Crippen molar-refractivity contribution in [1.82, 2.24) is 14.9 Å². The van der Waals surface area contributed by atoms with Crippen molar-refractivity contribution in [2.24, 2.45) is 5.92 Å². The number of hydrogen-bond donors (Lipinski definition) is 1. The highest BCUT2D eigenvalue weighted by molar-refractivity contribution is 7.99. The van der Waals surface area contributed by atoms with Crippen LogP contribution in [-0.2, 0) is 25.6 Å². The molecule has 168 valence electrons. The average molecular weight is 450 g/mol. The van der Waals surface area contributed by atoms with Crippen molar-refractivity contribution in [3.8, 4) is 0 Å². The number of nitrogens with zero attached hydrogens (tertiary/aromatic N) is 2. The molecule has 1 aromatic carbocycles. The summed E-state index contributed by atoms with van der Waals surface area (Å²) in [4.78, 5) is 52.7. The fraction of sp³-hybridized carbons (Fsp3) is 0.476. The third-order valence-corrected chi connectivity index (χ3v) is 5.31. The van der Waals surface area contributed by atoms with Crippen LogP contribution in [0.1, 0.15) is 37.0 Å². The molecule has 0 saturated heterocycles. The fourth-order valence-electron chi connectivity index (χ4n) is 2.83. The Morgan fingerprint density at radius 1 is 1.19 bits per heavy atom. The third-order valence-electron chi connectivity index (χ3n) is 4.33. The summed E-state index contributed by atoms with van der Waals surface area (Å²) in [5.41, 5.74) is 0.438. The van der Waals surface area contributed by atoms with E-state index in [0.29, 0.717) is 41.1 Å². The summed E-state index contributed by atoms with van der Waals surface area (Å²) in [5, 5.41) is 3.53. The van der Waals surface area contributed by atoms with Crippen LogP contribution in [0.15, 0.2) is 28.2 Å². The summed E-state index contributed by atoms with van der Waals surface area (Å²) in [7, 11) is 2.60. The lowest BCUT2D eigenvalue weighted by atomic mass is 10.1. The monoisotopic (exact) mass is 449 g/mol. The second kappa shape index (κ2) is 11.5. The van der Waals surface area contributed by atoms with Crippen LogP contribution in [0.3, 0.4) is 0 Å². The van der Waals surface area contributed by atoms with Gasteiger partial charge in [0.15, 0.2) is 5.16 Å². The fourth-order valence-corrected chi connectivity index (χ4v) is 3.66. The molecule has 0 spiro atoms. The van der Waals surface area contributed by atoms with E-state index in [1.165, 1.54) is 26.4 Å². The molecule has 1 heterocycles. The highest BCUT2D eigenvalue weighted by Gasteiger charge is 2.16. The Balaban J connectivity index is 2.21. The maximum absolute atomic E-state index is 13.0. The van der Waals surface area contributed by atoms with Gasteiger partial charge >= 0.3 is 11.9 Å². The molecule has 0 unspecified atom stereocenters. The quantitative estimate of drug-likeness (QED) is 0.253. The lowest BCUT2D eigenvalue weighted by Crippen LogP contribution is -2.28. The first-order valence-electron chi connectivity index (χ1n) is 9.86. The standard InChI is InChI=1S/C21H27N3O6S/c1-13(2)11-24-19(27)15-8-7-14(20(28)30-4)10-16(15)23-21(24)31-12-17(25)22-9-5-6-18(26)29-3/h7-8,10,13H,5-6,9,11-12H2,1-4H3,(H,22,25). The minimum absolute atomic E-state index is 0.0605. The zero-order valence-electron chi connectivity index (χ0n) is 18.1. The van der Waals surface area contributed by atoms with Gasteiger partial charge in [0.1, 0.15) is 0 Å². The number of esters is 2. The summed E-state index contributed by atoms with van der Waals surface area (Å²) in [5.74, 6) is -0.824. The Kier molecular flexibility index (Phi) is 9.04. The van der Waals surface area contributed by atoms with Crippen LogP contribution >= 0.6 is 11.8 Å². The van der Waals surface area contributed by atoms with Crippen molar-refractivity contribution in [2.75, 3.05) is 26.5 Å². The molecule has 1 N–H and O–H groups in total. The van der Waals surface area contributed by atoms with Crippen LogP contribution in [0.5, 0.6) is 0 Å². The second-order valence-electron chi connectivity index (χ2n) is 7.25. The van der Waals surface area contributed by atoms with E-state index in [4.69, 9.17) is 4.74 Å². The van der Waals surface area contributed by atoms with Gasteiger partial charge in [0.25, 0.3) is 5.56 Å². The molecule has 0 aliphatic heterocycles. The van der Waals surface area contributed by atoms with Gasteiger partial charge in [0, 0.05) is 19.5 Å². The Morgan fingerprint density at radius 3 is 2.58 bits per heavy atom. The van der Waals surface area contributed by atoms with E-state index in [1.54, 1.807) is 10.6 Å². The smallest absolute Gasteiger partial charge is 0.337 e. The predicted octanol–water partition coefficient (Wildman–Crippen LogP) is 2.00. The number of benzene rings is 1. The summed E-state index contributed by atoms with van der Waals surface area (Å²) < 4.78 is 10.8. The lowest BCUT2D eigenvalue weighted by Gasteiger charge is -2.15. The summed E-state index contributed by atoms with van der Waals surface area (Å²) >= 11 is 1.15. The minimum Gasteiger partial charge on any atom is -0.469 e. The van der Waals surface area contributed by atoms with E-state index in [-0.39, 0.29) is 35.5 Å². The number of fused-ring (bicyclic) bond motifs is 1. The zero-order chi connectivity index (χ0) is 23.0. The van der Waals surface area contributed by atoms with Gasteiger partial charge in [0.05, 0.1) is 36.4 Å². The van der Waals surface area contributed by atoms with Crippen LogP contribution in [0.25, 0.3) is 10.9 Å². The molecule has 0 aliphatic carbocycles. The molecule has 31 heavy (non-hydrogen) atoms. The molecule has 2 rings (SSSR count). The summed E-state index contributed by atoms with van der Waals surface area (Å²) in [6.45, 7) is 4.77. The van der Waals surface area contributed by atoms with E-state index in [2.05, 4.69) is 15.0 Å². The first-order chi connectivity index (χ1) is 14.8. The van der Waals surface area contributed by atoms with Gasteiger partial charge in [-0.15, -0.1) is 0 Å². The van der Waals surface area contributed by atoms with Gasteiger partial charge in [-0.3, -0.25) is 19.0 Å². The van der Waals surface area contributed by atoms with Gasteiger partial charge in [-0.25, -0.2) is 9.78 Å². The van der Waals surface area contributed by atoms with E-state index in [9.17, 15) is 19.2 Å². The van der Waals surface area contributed by atoms with Crippen molar-refractivity contribution in [3.05, 3.63) is 34.1 Å². The predicted molar refractivity (Wildman–Crippen MR) is 117 cm³/mol. The van der Waals surface area contributed by atoms with Crippen LogP contribution < -0.4 is 10.9 Å². The average Bonchev–Trinajstić information content (AvgIpc) is 2.75. The van der Waals surface area contributed by atoms with Crippen molar-refractivity contribution in [3.63, 3.8) is 0 Å². The van der Waals surface area contributed by atoms with E-state index in [0.717, 1.165) is 11.8 Å². The van der Waals surface area contributed by atoms with Gasteiger partial charge < -0.3 is 14.8 Å². The lowest BCUT2D eigenvalue weighted by molar-refractivity contribution is -0.140. The Hall–Kier alpha value is -2.88. The summed E-state index contributed by atoms with van der Waals surface area (Å²) in [6, 6.07) is 4.61. The van der Waals surface area contributed by atoms with Crippen LogP contribution in [0.4, 0.5) is 0 Å². The van der Waals surface area contributed by atoms with Crippen LogP contribution in [0, 0.1) is 5.92 Å². The van der Waals surface area contributed by atoms with Gasteiger partial charge in [-0.1, -0.05) is 25.6 Å². The maximum atomic E-state index is 13.0. The Morgan fingerprint density at radius 2 is 1.94 bits per heavy atom. The van der Waals surface area contributed by atoms with Crippen molar-refractivity contribution >= 4 is 40.5 Å². The normalized spacial score (nSPS) is 10.9. The number of methoxy groups -OCH3 is 2. The topological polar surface area (TPSA) is 117 Å². The number of hydrogen-bond acceptors (Lipinski definition) is 8. The number of rotatable bonds is 10. The molecule has 0 saturated carbocycles. The number of nitrogens with one attached hydrogen (secondary N) is 1. The number of amides is 1. The highest BCUT2D eigenvalue weighted by atomic mass is 32.2. The third kappa shape index (κ3) is 6.81. The molecule has 10 heteroatoms. The maximum Gasteiger partial charge on any atom is 0.337 e. The van der Waals surface area contributed by atoms with Crippen molar-refractivity contribution < 1.29 is 23.9 Å². The van der Waals surface area contributed by atoms with Crippen LogP contribution in [-0.4, -0.2) is 53.9 Å². The molecule has 0 atom stereocenters. The molecule has 0 fully saturated rings. The van der Waals surface area contributed by atoms with E-state index >= 15 is 0 Å². The number of aromatic nitrogens is 2. The number of carbonyl (C=O) groups excluding carboxylic acids is 3. The van der Waals surface area contributed by atoms with E-state index < -0.39 is 5.97 Å². The molecule has 2 aromatic rings. The molecule has 9 nitrogen and oxygen atoms in total. The molecule has 1 aromatic heterocycles. The van der Waals surface area contributed by atoms with Gasteiger partial charge in [-0.05, 0) is 30.5 Å². The molecule has 1 amide bonds. The molecular formula is C21H27N3O6S. The van der Waals surface area contributed by atoms with E-state index in [1.807, 2.05) is 13.8 Å². The highest BCUT2D eigenvalue weighted by Crippen LogP contribution is 2.20. The number of carbonyl (C=O) groups is 3. The van der Waals surface area contributed by atoms with Crippen molar-refractivity contribution in [1.29, 1.82) is 0 Å². The summed E-state index contributed by atoms with van der Waals surface area (Å²) in [6.07, 6.45) is 0.707.